The number of halogens is 1. The van der Waals surface area contributed by atoms with E-state index in [4.69, 9.17) is 21.1 Å². The lowest BCUT2D eigenvalue weighted by atomic mass is 10.2. The van der Waals surface area contributed by atoms with Gasteiger partial charge in [0, 0.05) is 29.7 Å². The van der Waals surface area contributed by atoms with Gasteiger partial charge in [-0.2, -0.15) is 0 Å². The van der Waals surface area contributed by atoms with Crippen LogP contribution in [0.25, 0.3) is 0 Å². The van der Waals surface area contributed by atoms with E-state index in [1.165, 1.54) is 32.8 Å². The third-order valence-corrected chi connectivity index (χ3v) is 3.81. The van der Waals surface area contributed by atoms with Gasteiger partial charge in [0.25, 0.3) is 0 Å². The molecular weight excluding hydrogens is 278 g/mol. The summed E-state index contributed by atoms with van der Waals surface area (Å²) in [5.41, 5.74) is 0.732. The summed E-state index contributed by atoms with van der Waals surface area (Å²) in [5.74, 6) is 0.539. The average molecular weight is 300 g/mol. The second-order valence-electron chi connectivity index (χ2n) is 5.07. The molecule has 0 aliphatic heterocycles. The van der Waals surface area contributed by atoms with Gasteiger partial charge in [0.2, 0.25) is 0 Å². The monoisotopic (exact) mass is 299 g/mol. The van der Waals surface area contributed by atoms with Crippen molar-refractivity contribution in [2.75, 3.05) is 20.3 Å². The Hall–Kier alpha value is -0.970. The summed E-state index contributed by atoms with van der Waals surface area (Å²) in [6, 6.07) is 3.34. The van der Waals surface area contributed by atoms with E-state index in [9.17, 15) is 5.11 Å². The molecule has 0 heterocycles. The minimum Gasteiger partial charge on any atom is -0.504 e. The van der Waals surface area contributed by atoms with Crippen LogP contribution in [0.15, 0.2) is 12.1 Å². The number of benzene rings is 1. The predicted molar refractivity (Wildman–Crippen MR) is 79.6 cm³/mol. The Bertz CT molecular complexity index is 433. The van der Waals surface area contributed by atoms with Gasteiger partial charge in [-0.25, -0.2) is 0 Å². The summed E-state index contributed by atoms with van der Waals surface area (Å²) in [6.45, 7) is 1.99. The number of hydrogen-bond acceptors (Lipinski definition) is 4. The van der Waals surface area contributed by atoms with Crippen LogP contribution in [0, 0.1) is 0 Å². The van der Waals surface area contributed by atoms with Crippen LogP contribution in [0.5, 0.6) is 11.5 Å². The quantitative estimate of drug-likeness (QED) is 0.760. The molecule has 0 spiro atoms. The van der Waals surface area contributed by atoms with Gasteiger partial charge in [0.05, 0.1) is 19.8 Å². The van der Waals surface area contributed by atoms with Crippen molar-refractivity contribution in [3.63, 3.8) is 0 Å². The summed E-state index contributed by atoms with van der Waals surface area (Å²) < 4.78 is 10.8. The molecule has 1 fully saturated rings. The van der Waals surface area contributed by atoms with Crippen molar-refractivity contribution >= 4 is 11.6 Å². The zero-order valence-corrected chi connectivity index (χ0v) is 12.6. The molecule has 1 aromatic carbocycles. The van der Waals surface area contributed by atoms with Crippen LogP contribution in [-0.2, 0) is 11.3 Å². The van der Waals surface area contributed by atoms with Gasteiger partial charge in [-0.1, -0.05) is 24.4 Å². The zero-order chi connectivity index (χ0) is 14.4. The molecule has 1 aromatic rings. The van der Waals surface area contributed by atoms with Crippen molar-refractivity contribution in [3.8, 4) is 11.5 Å². The van der Waals surface area contributed by atoms with Gasteiger partial charge in [0.1, 0.15) is 0 Å². The molecule has 0 atom stereocenters. The third kappa shape index (κ3) is 4.27. The van der Waals surface area contributed by atoms with Crippen LogP contribution in [0.4, 0.5) is 0 Å². The number of aromatic hydroxyl groups is 1. The molecule has 2 rings (SSSR count). The number of nitrogens with one attached hydrogen (secondary N) is 1. The topological polar surface area (TPSA) is 50.7 Å². The smallest absolute Gasteiger partial charge is 0.162 e. The maximum absolute atomic E-state index is 9.99. The van der Waals surface area contributed by atoms with Gasteiger partial charge in [-0.15, -0.1) is 0 Å². The third-order valence-electron chi connectivity index (χ3n) is 3.59. The van der Waals surface area contributed by atoms with Gasteiger partial charge in [-0.05, 0) is 18.9 Å². The fourth-order valence-electron chi connectivity index (χ4n) is 2.49. The zero-order valence-electron chi connectivity index (χ0n) is 11.8. The summed E-state index contributed by atoms with van der Waals surface area (Å²) in [7, 11) is 1.51. The molecule has 5 heteroatoms. The van der Waals surface area contributed by atoms with Crippen LogP contribution >= 0.6 is 11.6 Å². The largest absolute Gasteiger partial charge is 0.504 e. The van der Waals surface area contributed by atoms with Crippen molar-refractivity contribution in [1.29, 1.82) is 0 Å². The van der Waals surface area contributed by atoms with Crippen molar-refractivity contribution in [1.82, 2.24) is 5.32 Å². The van der Waals surface area contributed by atoms with Crippen molar-refractivity contribution in [2.24, 2.45) is 0 Å². The molecule has 20 heavy (non-hydrogen) atoms. The van der Waals surface area contributed by atoms with Crippen molar-refractivity contribution < 1.29 is 14.6 Å². The van der Waals surface area contributed by atoms with E-state index in [2.05, 4.69) is 5.32 Å². The first-order valence-corrected chi connectivity index (χ1v) is 7.46. The molecule has 0 aromatic heterocycles. The molecular formula is C15H22ClNO3. The fraction of sp³-hybridized carbons (Fsp3) is 0.600. The summed E-state index contributed by atoms with van der Waals surface area (Å²) >= 11 is 5.98. The van der Waals surface area contributed by atoms with E-state index < -0.39 is 0 Å². The molecule has 0 unspecified atom stereocenters. The molecule has 0 radical (unpaired) electrons. The van der Waals surface area contributed by atoms with E-state index in [1.807, 2.05) is 0 Å². The maximum Gasteiger partial charge on any atom is 0.162 e. The highest BCUT2D eigenvalue weighted by Gasteiger charge is 2.14. The minimum atomic E-state index is 0.140. The van der Waals surface area contributed by atoms with Gasteiger partial charge >= 0.3 is 0 Å². The molecule has 1 aliphatic rings. The van der Waals surface area contributed by atoms with E-state index in [0.717, 1.165) is 12.1 Å². The lowest BCUT2D eigenvalue weighted by Crippen LogP contribution is -2.22. The number of methoxy groups -OCH3 is 1. The molecule has 1 saturated carbocycles. The average Bonchev–Trinajstić information content (AvgIpc) is 2.95. The highest BCUT2D eigenvalue weighted by atomic mass is 35.5. The lowest BCUT2D eigenvalue weighted by molar-refractivity contribution is 0.0602. The van der Waals surface area contributed by atoms with Crippen LogP contribution in [0.3, 0.4) is 0 Å². The number of ether oxygens (including phenoxy) is 2. The minimum absolute atomic E-state index is 0.140. The van der Waals surface area contributed by atoms with Crippen LogP contribution in [-0.4, -0.2) is 31.5 Å². The number of phenols is 1. The van der Waals surface area contributed by atoms with Crippen LogP contribution in [0.1, 0.15) is 31.2 Å². The summed E-state index contributed by atoms with van der Waals surface area (Å²) in [6.07, 6.45) is 5.39. The summed E-state index contributed by atoms with van der Waals surface area (Å²) in [4.78, 5) is 0. The molecule has 1 aliphatic carbocycles. The Labute approximate surface area is 125 Å². The van der Waals surface area contributed by atoms with Gasteiger partial charge in [-0.3, -0.25) is 0 Å². The van der Waals surface area contributed by atoms with Crippen LogP contribution in [0.2, 0.25) is 5.02 Å². The van der Waals surface area contributed by atoms with Crippen LogP contribution < -0.4 is 10.1 Å². The number of hydrogen-bond donors (Lipinski definition) is 2. The normalized spacial score (nSPS) is 15.7. The fourth-order valence-corrected chi connectivity index (χ4v) is 2.73. The Balaban J connectivity index is 1.74. The van der Waals surface area contributed by atoms with E-state index in [1.54, 1.807) is 12.1 Å². The molecule has 112 valence electrons. The molecule has 0 saturated heterocycles. The van der Waals surface area contributed by atoms with Crippen molar-refractivity contribution in [2.45, 2.75) is 38.3 Å². The number of phenolic OH excluding ortho intramolecular Hbond substituents is 1. The predicted octanol–water partition coefficient (Wildman–Crippen LogP) is 3.10. The standard InChI is InChI=1S/C15H22ClNO3/c1-19-14-9-12(16)8-11(15(14)18)10-17-6-7-20-13-4-2-3-5-13/h8-9,13,17-18H,2-7,10H2,1H3. The Kier molecular flexibility index (Phi) is 5.95. The van der Waals surface area contributed by atoms with E-state index >= 15 is 0 Å². The molecule has 2 N–H and O–H groups in total. The lowest BCUT2D eigenvalue weighted by Gasteiger charge is -2.13. The Morgan fingerprint density at radius 2 is 2.10 bits per heavy atom. The van der Waals surface area contributed by atoms with Gasteiger partial charge in [0.15, 0.2) is 11.5 Å². The highest BCUT2D eigenvalue weighted by Crippen LogP contribution is 2.33. The first kappa shape index (κ1) is 15.4. The second kappa shape index (κ2) is 7.72. The first-order valence-electron chi connectivity index (χ1n) is 7.08. The molecule has 0 amide bonds. The maximum atomic E-state index is 9.99. The SMILES string of the molecule is COc1cc(Cl)cc(CNCCOC2CCCC2)c1O. The molecule has 0 bridgehead atoms. The van der Waals surface area contributed by atoms with Crippen molar-refractivity contribution in [3.05, 3.63) is 22.7 Å². The Morgan fingerprint density at radius 3 is 2.80 bits per heavy atom. The van der Waals surface area contributed by atoms with E-state index in [-0.39, 0.29) is 5.75 Å². The summed E-state index contributed by atoms with van der Waals surface area (Å²) in [5, 5.41) is 13.8. The highest BCUT2D eigenvalue weighted by molar-refractivity contribution is 6.30. The number of rotatable bonds is 7. The van der Waals surface area contributed by atoms with Gasteiger partial charge < -0.3 is 19.9 Å². The Morgan fingerprint density at radius 1 is 1.35 bits per heavy atom. The second-order valence-corrected chi connectivity index (χ2v) is 5.51. The molecule has 4 nitrogen and oxygen atoms in total. The van der Waals surface area contributed by atoms with E-state index in [0.29, 0.717) is 30.0 Å². The first-order chi connectivity index (χ1) is 9.70.